The third-order valence-electron chi connectivity index (χ3n) is 4.29. The van der Waals surface area contributed by atoms with Crippen molar-refractivity contribution < 1.29 is 13.9 Å². The van der Waals surface area contributed by atoms with Crippen LogP contribution < -0.4 is 9.64 Å². The molecule has 0 radical (unpaired) electrons. The molecule has 152 valence electrons. The summed E-state index contributed by atoms with van der Waals surface area (Å²) in [5.74, 6) is 1.76. The molecule has 30 heavy (non-hydrogen) atoms. The largest absolute Gasteiger partial charge is 0.495 e. The highest BCUT2D eigenvalue weighted by Gasteiger charge is 2.34. The molecule has 1 amide bonds. The molecule has 8 heteroatoms. The van der Waals surface area contributed by atoms with Gasteiger partial charge in [-0.3, -0.25) is 9.69 Å². The van der Waals surface area contributed by atoms with Crippen molar-refractivity contribution in [3.8, 4) is 5.75 Å². The Morgan fingerprint density at radius 3 is 2.73 bits per heavy atom. The number of rotatable bonds is 6. The molecule has 3 aromatic rings. The fourth-order valence-corrected chi connectivity index (χ4v) is 5.18. The topological polar surface area (TPSA) is 42.7 Å². The molecule has 2 aromatic carbocycles. The van der Waals surface area contributed by atoms with Crippen LogP contribution in [0.1, 0.15) is 11.3 Å². The first-order valence-electron chi connectivity index (χ1n) is 8.93. The maximum Gasteiger partial charge on any atom is 0.270 e. The number of hydrogen-bond donors (Lipinski definition) is 0. The highest BCUT2D eigenvalue weighted by atomic mass is 35.5. The standard InChI is InChI=1S/C22H16ClNO3S3/c1-26-18-9-7-15(11-17(18)23)24-21(25)19(30-22(24)28)12-16-8-10-20(27-16)29-13-14-5-3-2-4-6-14/h2-12H,13H2,1H3. The van der Waals surface area contributed by atoms with Crippen molar-refractivity contribution >= 4 is 69.3 Å². The first-order chi connectivity index (χ1) is 14.5. The zero-order chi connectivity index (χ0) is 21.1. The molecule has 0 unspecified atom stereocenters. The molecule has 1 aromatic heterocycles. The molecular weight excluding hydrogens is 458 g/mol. The molecule has 2 heterocycles. The maximum atomic E-state index is 12.9. The van der Waals surface area contributed by atoms with Gasteiger partial charge in [-0.25, -0.2) is 0 Å². The fraction of sp³-hybridized carbons (Fsp3) is 0.0909. The van der Waals surface area contributed by atoms with Gasteiger partial charge < -0.3 is 9.15 Å². The second kappa shape index (κ2) is 9.31. The van der Waals surface area contributed by atoms with Crippen molar-refractivity contribution in [1.29, 1.82) is 0 Å². The molecule has 1 aliphatic rings. The molecule has 1 saturated heterocycles. The van der Waals surface area contributed by atoms with Crippen LogP contribution in [0.2, 0.25) is 5.02 Å². The molecule has 0 spiro atoms. The Kier molecular flexibility index (Phi) is 6.53. The van der Waals surface area contributed by atoms with Gasteiger partial charge in [0, 0.05) is 11.8 Å². The number of thioether (sulfide) groups is 2. The van der Waals surface area contributed by atoms with E-state index in [0.29, 0.717) is 31.4 Å². The van der Waals surface area contributed by atoms with E-state index in [0.717, 1.165) is 10.8 Å². The van der Waals surface area contributed by atoms with Gasteiger partial charge in [-0.15, -0.1) is 0 Å². The smallest absolute Gasteiger partial charge is 0.270 e. The summed E-state index contributed by atoms with van der Waals surface area (Å²) in [5, 5.41) is 1.21. The lowest BCUT2D eigenvalue weighted by Crippen LogP contribution is -2.27. The van der Waals surface area contributed by atoms with Crippen LogP contribution in [0.5, 0.6) is 5.75 Å². The SMILES string of the molecule is COc1ccc(N2C(=O)C(=Cc3ccc(SCc4ccccc4)o3)SC2=S)cc1Cl. The number of hydrogen-bond acceptors (Lipinski definition) is 6. The van der Waals surface area contributed by atoms with Gasteiger partial charge in [0.15, 0.2) is 9.41 Å². The van der Waals surface area contributed by atoms with E-state index in [9.17, 15) is 4.79 Å². The van der Waals surface area contributed by atoms with E-state index in [1.807, 2.05) is 30.3 Å². The van der Waals surface area contributed by atoms with E-state index in [1.165, 1.54) is 22.2 Å². The number of nitrogens with zero attached hydrogens (tertiary/aromatic N) is 1. The summed E-state index contributed by atoms with van der Waals surface area (Å²) in [6.07, 6.45) is 1.72. The fourth-order valence-electron chi connectivity index (χ4n) is 2.83. The molecule has 0 atom stereocenters. The van der Waals surface area contributed by atoms with Crippen molar-refractivity contribution in [2.24, 2.45) is 0 Å². The Morgan fingerprint density at radius 1 is 1.20 bits per heavy atom. The van der Waals surface area contributed by atoms with Crippen LogP contribution in [0.4, 0.5) is 5.69 Å². The summed E-state index contributed by atoms with van der Waals surface area (Å²) in [5.41, 5.74) is 1.82. The van der Waals surface area contributed by atoms with Gasteiger partial charge in [0.25, 0.3) is 5.91 Å². The lowest BCUT2D eigenvalue weighted by molar-refractivity contribution is -0.113. The van der Waals surface area contributed by atoms with Gasteiger partial charge in [-0.1, -0.05) is 77.7 Å². The van der Waals surface area contributed by atoms with Crippen LogP contribution in [0.15, 0.2) is 75.1 Å². The van der Waals surface area contributed by atoms with Crippen molar-refractivity contribution in [2.45, 2.75) is 10.8 Å². The number of halogens is 1. The number of furan rings is 1. The second-order valence-electron chi connectivity index (χ2n) is 6.27. The lowest BCUT2D eigenvalue weighted by atomic mass is 10.2. The van der Waals surface area contributed by atoms with E-state index >= 15 is 0 Å². The van der Waals surface area contributed by atoms with Gasteiger partial charge in [0.2, 0.25) is 0 Å². The van der Waals surface area contributed by atoms with Crippen LogP contribution in [0.3, 0.4) is 0 Å². The lowest BCUT2D eigenvalue weighted by Gasteiger charge is -2.15. The van der Waals surface area contributed by atoms with Crippen LogP contribution in [-0.2, 0) is 10.5 Å². The summed E-state index contributed by atoms with van der Waals surface area (Å²) < 4.78 is 11.5. The van der Waals surface area contributed by atoms with Gasteiger partial charge in [-0.05, 0) is 35.9 Å². The molecule has 0 N–H and O–H groups in total. The summed E-state index contributed by atoms with van der Waals surface area (Å²) in [6.45, 7) is 0. The highest BCUT2D eigenvalue weighted by Crippen LogP contribution is 2.39. The number of amides is 1. The minimum Gasteiger partial charge on any atom is -0.495 e. The van der Waals surface area contributed by atoms with E-state index in [-0.39, 0.29) is 5.91 Å². The Balaban J connectivity index is 1.48. The van der Waals surface area contributed by atoms with Crippen LogP contribution in [-0.4, -0.2) is 17.3 Å². The van der Waals surface area contributed by atoms with E-state index in [2.05, 4.69) is 12.1 Å². The van der Waals surface area contributed by atoms with Crippen LogP contribution in [0, 0.1) is 0 Å². The van der Waals surface area contributed by atoms with E-state index in [1.54, 1.807) is 43.1 Å². The summed E-state index contributed by atoms with van der Waals surface area (Å²) in [7, 11) is 1.54. The number of ether oxygens (including phenoxy) is 1. The van der Waals surface area contributed by atoms with Crippen molar-refractivity contribution in [3.63, 3.8) is 0 Å². The van der Waals surface area contributed by atoms with Crippen LogP contribution in [0.25, 0.3) is 6.08 Å². The Labute approximate surface area is 193 Å². The third kappa shape index (κ3) is 4.59. The molecular formula is C22H16ClNO3S3. The molecule has 4 nitrogen and oxygen atoms in total. The zero-order valence-corrected chi connectivity index (χ0v) is 19.0. The number of thiocarbonyl (C=S) groups is 1. The normalized spacial score (nSPS) is 15.3. The minimum atomic E-state index is -0.207. The number of anilines is 1. The van der Waals surface area contributed by atoms with Crippen molar-refractivity contribution in [1.82, 2.24) is 0 Å². The summed E-state index contributed by atoms with van der Waals surface area (Å²) in [6, 6.07) is 19.1. The Hall–Kier alpha value is -2.19. The first kappa shape index (κ1) is 21.1. The molecule has 0 aliphatic carbocycles. The molecule has 0 saturated carbocycles. The molecule has 1 fully saturated rings. The number of carbonyl (C=O) groups excluding carboxylic acids is 1. The summed E-state index contributed by atoms with van der Waals surface area (Å²) in [4.78, 5) is 14.9. The molecule has 1 aliphatic heterocycles. The quantitative estimate of drug-likeness (QED) is 0.227. The predicted octanol–water partition coefficient (Wildman–Crippen LogP) is 6.64. The van der Waals surface area contributed by atoms with Crippen molar-refractivity contribution in [2.75, 3.05) is 12.0 Å². The summed E-state index contributed by atoms with van der Waals surface area (Å²) >= 11 is 14.5. The third-order valence-corrected chi connectivity index (χ3v) is 6.87. The van der Waals surface area contributed by atoms with Gasteiger partial charge in [0.1, 0.15) is 11.5 Å². The Bertz CT molecular complexity index is 1130. The number of benzene rings is 2. The minimum absolute atomic E-state index is 0.207. The first-order valence-corrected chi connectivity index (χ1v) is 11.5. The molecule has 4 rings (SSSR count). The predicted molar refractivity (Wildman–Crippen MR) is 128 cm³/mol. The van der Waals surface area contributed by atoms with Gasteiger partial charge in [-0.2, -0.15) is 0 Å². The monoisotopic (exact) mass is 473 g/mol. The molecule has 0 bridgehead atoms. The average Bonchev–Trinajstić information content (AvgIpc) is 3.31. The second-order valence-corrected chi connectivity index (χ2v) is 9.33. The van der Waals surface area contributed by atoms with E-state index < -0.39 is 0 Å². The van der Waals surface area contributed by atoms with Crippen molar-refractivity contribution in [3.05, 3.63) is 81.9 Å². The van der Waals surface area contributed by atoms with Gasteiger partial charge in [0.05, 0.1) is 22.7 Å². The van der Waals surface area contributed by atoms with E-state index in [4.69, 9.17) is 33.0 Å². The van der Waals surface area contributed by atoms with Gasteiger partial charge >= 0.3 is 0 Å². The zero-order valence-electron chi connectivity index (χ0n) is 15.8. The number of methoxy groups -OCH3 is 1. The van der Waals surface area contributed by atoms with Crippen LogP contribution >= 0.6 is 47.3 Å². The maximum absolute atomic E-state index is 12.9. The average molecular weight is 474 g/mol. The number of carbonyl (C=O) groups is 1. The Morgan fingerprint density at radius 2 is 2.00 bits per heavy atom. The highest BCUT2D eigenvalue weighted by molar-refractivity contribution is 8.27.